The number of hydrogen-bond donors (Lipinski definition) is 0. The molecule has 0 N–H and O–H groups in total. The Kier molecular flexibility index (Phi) is 41.1. The molecule has 0 aliphatic carbocycles. The summed E-state index contributed by atoms with van der Waals surface area (Å²) in [6.45, 7) is 8.19. The fourth-order valence-corrected chi connectivity index (χ4v) is 9.97. The van der Waals surface area contributed by atoms with Gasteiger partial charge in [0.05, 0.1) is 0 Å². The van der Waals surface area contributed by atoms with Gasteiger partial charge < -0.3 is 13.3 Å². The van der Waals surface area contributed by atoms with Crippen LogP contribution < -0.4 is 0 Å². The van der Waals surface area contributed by atoms with Crippen molar-refractivity contribution in [1.29, 1.82) is 0 Å². The van der Waals surface area contributed by atoms with Crippen LogP contribution in [-0.2, 0) is 13.3 Å². The van der Waals surface area contributed by atoms with Crippen molar-refractivity contribution in [3.8, 4) is 0 Å². The van der Waals surface area contributed by atoms with Crippen molar-refractivity contribution in [3.63, 3.8) is 0 Å². The summed E-state index contributed by atoms with van der Waals surface area (Å²) in [5.74, 6) is 0.843. The first-order valence-electron chi connectivity index (χ1n) is 21.7. The number of unbranched alkanes of at least 4 members (excludes halogenated alkanes) is 33. The van der Waals surface area contributed by atoms with E-state index < -0.39 is 8.80 Å². The molecule has 0 fully saturated rings. The molecule has 5 heteroatoms. The molecule has 3 nitrogen and oxygen atoms in total. The van der Waals surface area contributed by atoms with Gasteiger partial charge in [0.15, 0.2) is 0 Å². The van der Waals surface area contributed by atoms with Crippen LogP contribution in [0.15, 0.2) is 0 Å². The molecule has 0 aromatic rings. The van der Waals surface area contributed by atoms with Gasteiger partial charge in [-0.1, -0.05) is 205 Å². The van der Waals surface area contributed by atoms with Crippen molar-refractivity contribution in [1.82, 2.24) is 0 Å². The van der Waals surface area contributed by atoms with Crippen LogP contribution in [0.5, 0.6) is 0 Å². The van der Waals surface area contributed by atoms with Crippen LogP contribution in [-0.4, -0.2) is 34.5 Å². The monoisotopic (exact) mass is 703 g/mol. The van der Waals surface area contributed by atoms with E-state index in [9.17, 15) is 0 Å². The van der Waals surface area contributed by atoms with E-state index in [2.05, 4.69) is 0 Å². The molecule has 0 saturated carbocycles. The lowest BCUT2D eigenvalue weighted by atomic mass is 10.0. The lowest BCUT2D eigenvalue weighted by Crippen LogP contribution is -2.45. The smallest absolute Gasteiger partial charge is 0.374 e. The average molecular weight is 704 g/mol. The first-order valence-corrected chi connectivity index (χ1v) is 24.2. The lowest BCUT2D eigenvalue weighted by Gasteiger charge is -2.28. The topological polar surface area (TPSA) is 27.7 Å². The summed E-state index contributed by atoms with van der Waals surface area (Å²) in [5, 5.41) is 0. The van der Waals surface area contributed by atoms with Crippen molar-refractivity contribution < 1.29 is 13.3 Å². The fourth-order valence-electron chi connectivity index (χ4n) is 7.09. The summed E-state index contributed by atoms with van der Waals surface area (Å²) >= 11 is 5.74. The molecule has 0 bridgehead atoms. The summed E-state index contributed by atoms with van der Waals surface area (Å²) in [7, 11) is -2.42. The summed E-state index contributed by atoms with van der Waals surface area (Å²) in [4.78, 5) is 0. The van der Waals surface area contributed by atoms with Crippen LogP contribution in [0.1, 0.15) is 239 Å². The molecule has 0 aliphatic rings. The average Bonchev–Trinajstić information content (AvgIpc) is 3.07. The van der Waals surface area contributed by atoms with Crippen molar-refractivity contribution >= 4 is 20.4 Å². The third kappa shape index (κ3) is 36.0. The van der Waals surface area contributed by atoms with E-state index in [0.29, 0.717) is 19.8 Å². The summed E-state index contributed by atoms with van der Waals surface area (Å²) in [6, 6.07) is 0.973. The Bertz CT molecular complexity index is 547. The van der Waals surface area contributed by atoms with Gasteiger partial charge >= 0.3 is 8.80 Å². The molecule has 0 rings (SSSR count). The molecule has 0 unspecified atom stereocenters. The number of halogens is 1. The molecule has 0 saturated heterocycles. The Hall–Kier alpha value is 0.387. The Labute approximate surface area is 303 Å². The van der Waals surface area contributed by atoms with Gasteiger partial charge in [0, 0.05) is 31.7 Å². The summed E-state index contributed by atoms with van der Waals surface area (Å²) in [6.07, 6.45) is 48.6. The molecule has 47 heavy (non-hydrogen) atoms. The Morgan fingerprint density at radius 3 is 0.617 bits per heavy atom. The molecule has 0 aliphatic heterocycles. The van der Waals surface area contributed by atoms with Crippen LogP contribution in [0.4, 0.5) is 0 Å². The second-order valence-corrected chi connectivity index (χ2v) is 17.6. The largest absolute Gasteiger partial charge is 0.500 e. The van der Waals surface area contributed by atoms with Crippen molar-refractivity contribution in [3.05, 3.63) is 0 Å². The van der Waals surface area contributed by atoms with E-state index in [0.717, 1.165) is 11.9 Å². The SMILES string of the molecule is CCO[Si](CCCCCCCCCCCCCCCCCCCCCCCCCCCCCCCCCCCCCl)(OCC)OCC. The van der Waals surface area contributed by atoms with E-state index in [1.54, 1.807) is 0 Å². The number of alkyl halides is 1. The van der Waals surface area contributed by atoms with Gasteiger partial charge in [-0.3, -0.25) is 0 Å². The van der Waals surface area contributed by atoms with E-state index in [1.807, 2.05) is 20.8 Å². The molecule has 0 spiro atoms. The van der Waals surface area contributed by atoms with Gasteiger partial charge in [0.25, 0.3) is 0 Å². The fraction of sp³-hybridized carbons (Fsp3) is 1.00. The van der Waals surface area contributed by atoms with Crippen molar-refractivity contribution in [2.75, 3.05) is 25.7 Å². The highest BCUT2D eigenvalue weighted by Crippen LogP contribution is 2.21. The van der Waals surface area contributed by atoms with Gasteiger partial charge in [-0.25, -0.2) is 0 Å². The third-order valence-corrected chi connectivity index (χ3v) is 13.4. The zero-order chi connectivity index (χ0) is 34.2. The third-order valence-electron chi connectivity index (χ3n) is 9.96. The van der Waals surface area contributed by atoms with E-state index in [-0.39, 0.29) is 0 Å². The molecular formula is C42H87ClO3Si. The normalized spacial score (nSPS) is 12.0. The van der Waals surface area contributed by atoms with Gasteiger partial charge in [-0.2, -0.15) is 0 Å². The van der Waals surface area contributed by atoms with E-state index in [4.69, 9.17) is 24.9 Å². The van der Waals surface area contributed by atoms with Crippen LogP contribution >= 0.6 is 11.6 Å². The Morgan fingerprint density at radius 1 is 0.277 bits per heavy atom. The zero-order valence-electron chi connectivity index (χ0n) is 32.7. The summed E-state index contributed by atoms with van der Waals surface area (Å²) < 4.78 is 17.9. The molecule has 0 heterocycles. The highest BCUT2D eigenvalue weighted by atomic mass is 35.5. The van der Waals surface area contributed by atoms with Crippen molar-refractivity contribution in [2.45, 2.75) is 245 Å². The van der Waals surface area contributed by atoms with Gasteiger partial charge in [0.1, 0.15) is 0 Å². The second-order valence-electron chi connectivity index (χ2n) is 14.4. The molecule has 0 amide bonds. The van der Waals surface area contributed by atoms with Crippen LogP contribution in [0.2, 0.25) is 6.04 Å². The quantitative estimate of drug-likeness (QED) is 0.0360. The van der Waals surface area contributed by atoms with E-state index >= 15 is 0 Å². The minimum atomic E-state index is -2.42. The molecular weight excluding hydrogens is 616 g/mol. The first-order chi connectivity index (χ1) is 23.2. The highest BCUT2D eigenvalue weighted by molar-refractivity contribution is 6.60. The molecule has 0 atom stereocenters. The number of hydrogen-bond acceptors (Lipinski definition) is 3. The maximum Gasteiger partial charge on any atom is 0.500 e. The van der Waals surface area contributed by atoms with Crippen LogP contribution in [0, 0.1) is 0 Å². The van der Waals surface area contributed by atoms with Gasteiger partial charge in [-0.05, 0) is 33.6 Å². The predicted octanol–water partition coefficient (Wildman–Crippen LogP) is 15.5. The lowest BCUT2D eigenvalue weighted by molar-refractivity contribution is 0.0706. The second kappa shape index (κ2) is 40.8. The minimum Gasteiger partial charge on any atom is -0.374 e. The standard InChI is InChI=1S/C42H87ClO3Si/c1-4-44-47(45-5-2,46-6-3)42-40-38-36-34-32-30-28-26-24-22-20-18-16-14-12-10-8-7-9-11-13-15-17-19-21-23-25-27-29-31-33-35-37-39-41-43/h4-42H2,1-3H3. The van der Waals surface area contributed by atoms with Gasteiger partial charge in [0.2, 0.25) is 0 Å². The van der Waals surface area contributed by atoms with Crippen molar-refractivity contribution in [2.24, 2.45) is 0 Å². The number of rotatable bonds is 42. The van der Waals surface area contributed by atoms with Gasteiger partial charge in [-0.15, -0.1) is 11.6 Å². The predicted molar refractivity (Wildman–Crippen MR) is 213 cm³/mol. The maximum absolute atomic E-state index is 5.98. The molecule has 0 aromatic heterocycles. The molecule has 284 valence electrons. The summed E-state index contributed by atoms with van der Waals surface area (Å²) in [5.41, 5.74) is 0. The maximum atomic E-state index is 5.98. The Balaban J connectivity index is 3.21. The van der Waals surface area contributed by atoms with Crippen LogP contribution in [0.25, 0.3) is 0 Å². The molecule has 0 radical (unpaired) electrons. The molecule has 0 aromatic carbocycles. The zero-order valence-corrected chi connectivity index (χ0v) is 34.4. The Morgan fingerprint density at radius 2 is 0.447 bits per heavy atom. The first kappa shape index (κ1) is 47.4. The van der Waals surface area contributed by atoms with Crippen LogP contribution in [0.3, 0.4) is 0 Å². The highest BCUT2D eigenvalue weighted by Gasteiger charge is 2.39. The van der Waals surface area contributed by atoms with E-state index in [1.165, 1.54) is 218 Å². The minimum absolute atomic E-state index is 0.685.